The lowest BCUT2D eigenvalue weighted by molar-refractivity contribution is -0.125. The fourth-order valence-corrected chi connectivity index (χ4v) is 1.37. The first-order chi connectivity index (χ1) is 7.18. The summed E-state index contributed by atoms with van der Waals surface area (Å²) in [6.07, 6.45) is 6.41. The molecule has 0 bridgehead atoms. The van der Waals surface area contributed by atoms with Gasteiger partial charge in [-0.05, 0) is 13.0 Å². The highest BCUT2D eigenvalue weighted by Crippen LogP contribution is 2.03. The average Bonchev–Trinajstić information content (AvgIpc) is 2.21. The molecule has 4 nitrogen and oxygen atoms in total. The van der Waals surface area contributed by atoms with E-state index >= 15 is 0 Å². The third-order valence-electron chi connectivity index (χ3n) is 2.37. The van der Waals surface area contributed by atoms with Gasteiger partial charge in [0, 0.05) is 6.54 Å². The standard InChI is InChI=1S/C11H24N2O2/c1-2-3-4-5-6-7-8-13-9-10(14)11(12)15/h10,13-14H,2-9H2,1H3,(H2,12,15). The largest absolute Gasteiger partial charge is 0.382 e. The Kier molecular flexibility index (Phi) is 9.52. The number of aliphatic hydroxyl groups is 1. The monoisotopic (exact) mass is 216 g/mol. The van der Waals surface area contributed by atoms with E-state index in [1.165, 1.54) is 32.1 Å². The summed E-state index contributed by atoms with van der Waals surface area (Å²) in [7, 11) is 0. The Labute approximate surface area is 92.2 Å². The Morgan fingerprint density at radius 2 is 1.87 bits per heavy atom. The van der Waals surface area contributed by atoms with E-state index < -0.39 is 12.0 Å². The van der Waals surface area contributed by atoms with E-state index in [1.807, 2.05) is 0 Å². The first-order valence-corrected chi connectivity index (χ1v) is 5.86. The molecule has 0 aliphatic heterocycles. The van der Waals surface area contributed by atoms with Gasteiger partial charge in [-0.3, -0.25) is 4.79 Å². The third-order valence-corrected chi connectivity index (χ3v) is 2.37. The molecule has 0 saturated heterocycles. The van der Waals surface area contributed by atoms with E-state index in [4.69, 9.17) is 10.8 Å². The number of hydrogen-bond donors (Lipinski definition) is 3. The van der Waals surface area contributed by atoms with Crippen molar-refractivity contribution in [1.82, 2.24) is 5.32 Å². The molecule has 0 aromatic carbocycles. The number of carbonyl (C=O) groups excluding carboxylic acids is 1. The van der Waals surface area contributed by atoms with Gasteiger partial charge in [-0.25, -0.2) is 0 Å². The van der Waals surface area contributed by atoms with E-state index in [1.54, 1.807) is 0 Å². The summed E-state index contributed by atoms with van der Waals surface area (Å²) in [5.41, 5.74) is 4.90. The summed E-state index contributed by atoms with van der Waals surface area (Å²) in [4.78, 5) is 10.5. The van der Waals surface area contributed by atoms with Gasteiger partial charge < -0.3 is 16.2 Å². The van der Waals surface area contributed by atoms with Crippen LogP contribution in [0.15, 0.2) is 0 Å². The number of primary amides is 1. The molecule has 0 saturated carbocycles. The maximum absolute atomic E-state index is 10.5. The van der Waals surface area contributed by atoms with Gasteiger partial charge in [-0.15, -0.1) is 0 Å². The van der Waals surface area contributed by atoms with Crippen molar-refractivity contribution in [1.29, 1.82) is 0 Å². The normalized spacial score (nSPS) is 12.7. The van der Waals surface area contributed by atoms with Crippen molar-refractivity contribution < 1.29 is 9.90 Å². The topological polar surface area (TPSA) is 75.3 Å². The van der Waals surface area contributed by atoms with E-state index in [0.29, 0.717) is 0 Å². The van der Waals surface area contributed by atoms with Gasteiger partial charge in [0.1, 0.15) is 6.10 Å². The molecule has 1 amide bonds. The zero-order chi connectivity index (χ0) is 11.5. The van der Waals surface area contributed by atoms with Gasteiger partial charge in [0.25, 0.3) is 0 Å². The van der Waals surface area contributed by atoms with Crippen LogP contribution in [0.1, 0.15) is 45.4 Å². The van der Waals surface area contributed by atoms with Crippen LogP contribution < -0.4 is 11.1 Å². The minimum absolute atomic E-state index is 0.268. The Morgan fingerprint density at radius 1 is 1.27 bits per heavy atom. The highest BCUT2D eigenvalue weighted by Gasteiger charge is 2.08. The van der Waals surface area contributed by atoms with Crippen molar-refractivity contribution in [3.8, 4) is 0 Å². The number of amides is 1. The molecular weight excluding hydrogens is 192 g/mol. The number of rotatable bonds is 10. The first-order valence-electron chi connectivity index (χ1n) is 5.86. The lowest BCUT2D eigenvalue weighted by atomic mass is 10.1. The van der Waals surface area contributed by atoms with Crippen molar-refractivity contribution in [2.75, 3.05) is 13.1 Å². The van der Waals surface area contributed by atoms with Crippen molar-refractivity contribution in [3.05, 3.63) is 0 Å². The number of nitrogens with two attached hydrogens (primary N) is 1. The van der Waals surface area contributed by atoms with Gasteiger partial charge in [0.2, 0.25) is 5.91 Å². The van der Waals surface area contributed by atoms with Gasteiger partial charge in [-0.1, -0.05) is 39.0 Å². The summed E-state index contributed by atoms with van der Waals surface area (Å²) >= 11 is 0. The molecule has 15 heavy (non-hydrogen) atoms. The summed E-state index contributed by atoms with van der Waals surface area (Å²) in [6, 6.07) is 0. The molecule has 0 radical (unpaired) electrons. The lowest BCUT2D eigenvalue weighted by Gasteiger charge is -2.07. The number of aliphatic hydroxyl groups excluding tert-OH is 1. The van der Waals surface area contributed by atoms with Crippen molar-refractivity contribution in [2.24, 2.45) is 5.73 Å². The van der Waals surface area contributed by atoms with E-state index in [0.717, 1.165) is 13.0 Å². The number of hydrogen-bond acceptors (Lipinski definition) is 3. The quantitative estimate of drug-likeness (QED) is 0.472. The fourth-order valence-electron chi connectivity index (χ4n) is 1.37. The van der Waals surface area contributed by atoms with E-state index in [9.17, 15) is 4.79 Å². The molecule has 0 aliphatic carbocycles. The molecule has 4 heteroatoms. The van der Waals surface area contributed by atoms with Crippen LogP contribution in [-0.4, -0.2) is 30.2 Å². The molecule has 0 heterocycles. The number of carbonyl (C=O) groups is 1. The molecule has 0 rings (SSSR count). The minimum Gasteiger partial charge on any atom is -0.382 e. The summed E-state index contributed by atoms with van der Waals surface area (Å²) in [6.45, 7) is 3.31. The summed E-state index contributed by atoms with van der Waals surface area (Å²) < 4.78 is 0. The van der Waals surface area contributed by atoms with Gasteiger partial charge in [-0.2, -0.15) is 0 Å². The van der Waals surface area contributed by atoms with Crippen LogP contribution in [0.3, 0.4) is 0 Å². The maximum atomic E-state index is 10.5. The highest BCUT2D eigenvalue weighted by molar-refractivity contribution is 5.78. The number of nitrogens with one attached hydrogen (secondary N) is 1. The van der Waals surface area contributed by atoms with Gasteiger partial charge in [0.15, 0.2) is 0 Å². The van der Waals surface area contributed by atoms with Crippen LogP contribution in [0.5, 0.6) is 0 Å². The molecule has 0 spiro atoms. The second-order valence-electron chi connectivity index (χ2n) is 3.89. The lowest BCUT2D eigenvalue weighted by Crippen LogP contribution is -2.37. The second kappa shape index (κ2) is 9.93. The average molecular weight is 216 g/mol. The zero-order valence-corrected chi connectivity index (χ0v) is 9.67. The molecular formula is C11H24N2O2. The third kappa shape index (κ3) is 9.69. The molecule has 1 unspecified atom stereocenters. The predicted molar refractivity (Wildman–Crippen MR) is 61.4 cm³/mol. The smallest absolute Gasteiger partial charge is 0.247 e. The van der Waals surface area contributed by atoms with E-state index in [2.05, 4.69) is 12.2 Å². The first kappa shape index (κ1) is 14.4. The second-order valence-corrected chi connectivity index (χ2v) is 3.89. The molecule has 0 aromatic rings. The van der Waals surface area contributed by atoms with Gasteiger partial charge in [0.05, 0.1) is 0 Å². The Bertz CT molecular complexity index is 163. The molecule has 4 N–H and O–H groups in total. The Hall–Kier alpha value is -0.610. The molecule has 0 aromatic heterocycles. The SMILES string of the molecule is CCCCCCCCNCC(O)C(N)=O. The summed E-state index contributed by atoms with van der Waals surface area (Å²) in [5, 5.41) is 12.1. The van der Waals surface area contributed by atoms with Crippen LogP contribution in [0.25, 0.3) is 0 Å². The fraction of sp³-hybridized carbons (Fsp3) is 0.909. The van der Waals surface area contributed by atoms with Crippen LogP contribution in [0.4, 0.5) is 0 Å². The molecule has 90 valence electrons. The van der Waals surface area contributed by atoms with Gasteiger partial charge >= 0.3 is 0 Å². The molecule has 1 atom stereocenters. The van der Waals surface area contributed by atoms with Crippen molar-refractivity contribution >= 4 is 5.91 Å². The zero-order valence-electron chi connectivity index (χ0n) is 9.67. The highest BCUT2D eigenvalue weighted by atomic mass is 16.3. The minimum atomic E-state index is -1.05. The van der Waals surface area contributed by atoms with Crippen LogP contribution in [0, 0.1) is 0 Å². The molecule has 0 fully saturated rings. The Balaban J connectivity index is 3.08. The summed E-state index contributed by atoms with van der Waals surface area (Å²) in [5.74, 6) is -0.662. The van der Waals surface area contributed by atoms with Crippen LogP contribution in [-0.2, 0) is 4.79 Å². The number of unbranched alkanes of at least 4 members (excludes halogenated alkanes) is 5. The van der Waals surface area contributed by atoms with Crippen molar-refractivity contribution in [3.63, 3.8) is 0 Å². The van der Waals surface area contributed by atoms with Crippen LogP contribution >= 0.6 is 0 Å². The van der Waals surface area contributed by atoms with Crippen molar-refractivity contribution in [2.45, 2.75) is 51.6 Å². The van der Waals surface area contributed by atoms with E-state index in [-0.39, 0.29) is 6.54 Å². The Morgan fingerprint density at radius 3 is 2.47 bits per heavy atom. The van der Waals surface area contributed by atoms with Crippen LogP contribution in [0.2, 0.25) is 0 Å². The maximum Gasteiger partial charge on any atom is 0.247 e. The predicted octanol–water partition coefficient (Wildman–Crippen LogP) is 0.783. The molecule has 0 aliphatic rings.